The van der Waals surface area contributed by atoms with Crippen LogP contribution in [0.5, 0.6) is 5.75 Å². The van der Waals surface area contributed by atoms with Crippen LogP contribution in [-0.4, -0.2) is 21.4 Å². The van der Waals surface area contributed by atoms with Gasteiger partial charge in [0.25, 0.3) is 10.0 Å². The van der Waals surface area contributed by atoms with Crippen molar-refractivity contribution in [2.75, 3.05) is 17.1 Å². The van der Waals surface area contributed by atoms with Crippen molar-refractivity contribution in [3.8, 4) is 5.75 Å². The number of hydrogen-bond donors (Lipinski definition) is 2. The van der Waals surface area contributed by atoms with Gasteiger partial charge in [-0.15, -0.1) is 0 Å². The highest BCUT2D eigenvalue weighted by Crippen LogP contribution is 2.28. The summed E-state index contributed by atoms with van der Waals surface area (Å²) in [7, 11) is -2.15. The van der Waals surface area contributed by atoms with Gasteiger partial charge in [0.15, 0.2) is 0 Å². The molecule has 7 heteroatoms. The third-order valence-corrected chi connectivity index (χ3v) is 4.85. The lowest BCUT2D eigenvalue weighted by molar-refractivity contribution is -0.114. The first kappa shape index (κ1) is 17.8. The molecule has 0 heterocycles. The summed E-state index contributed by atoms with van der Waals surface area (Å²) in [5, 5.41) is 2.59. The highest BCUT2D eigenvalue weighted by atomic mass is 32.2. The lowest BCUT2D eigenvalue weighted by Gasteiger charge is -2.14. The summed E-state index contributed by atoms with van der Waals surface area (Å²) in [6.07, 6.45) is 0. The first-order valence-electron chi connectivity index (χ1n) is 7.28. The lowest BCUT2D eigenvalue weighted by Crippen LogP contribution is -2.14. The van der Waals surface area contributed by atoms with Gasteiger partial charge >= 0.3 is 0 Å². The van der Waals surface area contributed by atoms with Crippen molar-refractivity contribution in [2.45, 2.75) is 25.7 Å². The van der Waals surface area contributed by atoms with Crippen LogP contribution in [0.4, 0.5) is 11.4 Å². The molecule has 0 atom stereocenters. The summed E-state index contributed by atoms with van der Waals surface area (Å²) >= 11 is 0. The number of nitrogens with one attached hydrogen (secondary N) is 2. The minimum atomic E-state index is -3.72. The van der Waals surface area contributed by atoms with E-state index in [0.717, 1.165) is 11.1 Å². The van der Waals surface area contributed by atoms with Gasteiger partial charge in [-0.05, 0) is 61.4 Å². The number of carbonyl (C=O) groups is 1. The molecule has 2 aromatic rings. The Balaban J connectivity index is 2.28. The van der Waals surface area contributed by atoms with E-state index in [-0.39, 0.29) is 10.8 Å². The van der Waals surface area contributed by atoms with Crippen molar-refractivity contribution in [2.24, 2.45) is 0 Å². The predicted molar refractivity (Wildman–Crippen MR) is 94.0 cm³/mol. The molecule has 24 heavy (non-hydrogen) atoms. The van der Waals surface area contributed by atoms with E-state index in [1.807, 2.05) is 6.92 Å². The van der Waals surface area contributed by atoms with E-state index in [2.05, 4.69) is 10.0 Å². The molecule has 0 aromatic heterocycles. The summed E-state index contributed by atoms with van der Waals surface area (Å²) in [4.78, 5) is 11.1. The van der Waals surface area contributed by atoms with Gasteiger partial charge in [0.05, 0.1) is 17.7 Å². The second kappa shape index (κ2) is 6.92. The molecule has 0 saturated heterocycles. The molecule has 0 unspecified atom stereocenters. The third kappa shape index (κ3) is 4.05. The Kier molecular flexibility index (Phi) is 5.14. The number of ether oxygens (including phenoxy) is 1. The topological polar surface area (TPSA) is 84.5 Å². The molecule has 2 rings (SSSR count). The molecule has 0 spiro atoms. The van der Waals surface area contributed by atoms with Gasteiger partial charge in [-0.3, -0.25) is 9.52 Å². The summed E-state index contributed by atoms with van der Waals surface area (Å²) in [6.45, 7) is 5.04. The maximum atomic E-state index is 12.5. The number of rotatable bonds is 5. The summed E-state index contributed by atoms with van der Waals surface area (Å²) in [5.41, 5.74) is 2.63. The molecule has 0 aliphatic heterocycles. The Morgan fingerprint density at radius 2 is 1.67 bits per heavy atom. The average molecular weight is 348 g/mol. The molecule has 0 aliphatic rings. The molecule has 2 N–H and O–H groups in total. The van der Waals surface area contributed by atoms with E-state index in [1.54, 1.807) is 38.3 Å². The van der Waals surface area contributed by atoms with Crippen LogP contribution in [0.15, 0.2) is 41.3 Å². The van der Waals surface area contributed by atoms with Crippen molar-refractivity contribution >= 4 is 27.3 Å². The number of benzene rings is 2. The number of aryl methyl sites for hydroxylation is 2. The SMILES string of the molecule is COc1cc(C)c(NS(=O)(=O)c2ccc(NC(C)=O)cc2)cc1C. The number of methoxy groups -OCH3 is 1. The Hall–Kier alpha value is -2.54. The molecule has 0 saturated carbocycles. The van der Waals surface area contributed by atoms with Crippen LogP contribution in [-0.2, 0) is 14.8 Å². The highest BCUT2D eigenvalue weighted by molar-refractivity contribution is 7.92. The predicted octanol–water partition coefficient (Wildman–Crippen LogP) is 3.07. The normalized spacial score (nSPS) is 11.0. The Labute approximate surface area is 141 Å². The van der Waals surface area contributed by atoms with Gasteiger partial charge in [-0.1, -0.05) is 0 Å². The molecule has 0 aliphatic carbocycles. The fourth-order valence-corrected chi connectivity index (χ4v) is 3.37. The maximum absolute atomic E-state index is 12.5. The minimum absolute atomic E-state index is 0.115. The van der Waals surface area contributed by atoms with Crippen molar-refractivity contribution < 1.29 is 17.9 Å². The van der Waals surface area contributed by atoms with Gasteiger partial charge in [-0.25, -0.2) is 8.42 Å². The first-order chi connectivity index (χ1) is 11.2. The second-order valence-corrected chi connectivity index (χ2v) is 7.13. The first-order valence-corrected chi connectivity index (χ1v) is 8.77. The molecule has 0 fully saturated rings. The van der Waals surface area contributed by atoms with Crippen molar-refractivity contribution in [3.63, 3.8) is 0 Å². The molecule has 128 valence electrons. The van der Waals surface area contributed by atoms with Crippen LogP contribution in [0, 0.1) is 13.8 Å². The standard InChI is InChI=1S/C17H20N2O4S/c1-11-10-17(23-4)12(2)9-16(11)19-24(21,22)15-7-5-14(6-8-15)18-13(3)20/h5-10,19H,1-4H3,(H,18,20). The van der Waals surface area contributed by atoms with Gasteiger partial charge in [-0.2, -0.15) is 0 Å². The number of hydrogen-bond acceptors (Lipinski definition) is 4. The summed E-state index contributed by atoms with van der Waals surface area (Å²) in [5.74, 6) is 0.489. The zero-order valence-corrected chi connectivity index (χ0v) is 14.8. The Morgan fingerprint density at radius 1 is 1.04 bits per heavy atom. The minimum Gasteiger partial charge on any atom is -0.496 e. The molecular weight excluding hydrogens is 328 g/mol. The Morgan fingerprint density at radius 3 is 2.21 bits per heavy atom. The lowest BCUT2D eigenvalue weighted by atomic mass is 10.1. The molecule has 0 radical (unpaired) electrons. The highest BCUT2D eigenvalue weighted by Gasteiger charge is 2.16. The van der Waals surface area contributed by atoms with E-state index in [9.17, 15) is 13.2 Å². The quantitative estimate of drug-likeness (QED) is 0.870. The fourth-order valence-electron chi connectivity index (χ4n) is 2.24. The summed E-state index contributed by atoms with van der Waals surface area (Å²) in [6, 6.07) is 9.49. The van der Waals surface area contributed by atoms with Crippen molar-refractivity contribution in [1.82, 2.24) is 0 Å². The maximum Gasteiger partial charge on any atom is 0.261 e. The van der Waals surface area contributed by atoms with Crippen LogP contribution in [0.2, 0.25) is 0 Å². The fraction of sp³-hybridized carbons (Fsp3) is 0.235. The number of amides is 1. The van der Waals surface area contributed by atoms with E-state index in [1.165, 1.54) is 19.1 Å². The zero-order valence-electron chi connectivity index (χ0n) is 14.0. The van der Waals surface area contributed by atoms with E-state index in [4.69, 9.17) is 4.74 Å². The van der Waals surface area contributed by atoms with Crippen molar-refractivity contribution in [3.05, 3.63) is 47.5 Å². The molecule has 2 aromatic carbocycles. The van der Waals surface area contributed by atoms with Gasteiger partial charge in [0.1, 0.15) is 5.75 Å². The van der Waals surface area contributed by atoms with E-state index in [0.29, 0.717) is 17.1 Å². The summed E-state index contributed by atoms with van der Waals surface area (Å²) < 4.78 is 32.9. The van der Waals surface area contributed by atoms with Gasteiger partial charge in [0, 0.05) is 12.6 Å². The Bertz CT molecular complexity index is 859. The van der Waals surface area contributed by atoms with Crippen LogP contribution < -0.4 is 14.8 Å². The zero-order chi connectivity index (χ0) is 17.9. The second-order valence-electron chi connectivity index (χ2n) is 5.45. The van der Waals surface area contributed by atoms with E-state index < -0.39 is 10.0 Å². The monoisotopic (exact) mass is 348 g/mol. The molecular formula is C17H20N2O4S. The van der Waals surface area contributed by atoms with Crippen LogP contribution >= 0.6 is 0 Å². The van der Waals surface area contributed by atoms with Crippen molar-refractivity contribution in [1.29, 1.82) is 0 Å². The molecule has 6 nitrogen and oxygen atoms in total. The van der Waals surface area contributed by atoms with Gasteiger partial charge in [0.2, 0.25) is 5.91 Å². The molecule has 0 bridgehead atoms. The molecule has 1 amide bonds. The van der Waals surface area contributed by atoms with Crippen LogP contribution in [0.1, 0.15) is 18.1 Å². The van der Waals surface area contributed by atoms with E-state index >= 15 is 0 Å². The largest absolute Gasteiger partial charge is 0.496 e. The number of sulfonamides is 1. The average Bonchev–Trinajstić information content (AvgIpc) is 2.50. The smallest absolute Gasteiger partial charge is 0.261 e. The number of carbonyl (C=O) groups excluding carboxylic acids is 1. The van der Waals surface area contributed by atoms with Crippen LogP contribution in [0.25, 0.3) is 0 Å². The third-order valence-electron chi connectivity index (χ3n) is 3.47. The van der Waals surface area contributed by atoms with Crippen LogP contribution in [0.3, 0.4) is 0 Å². The van der Waals surface area contributed by atoms with Gasteiger partial charge < -0.3 is 10.1 Å². The number of anilines is 2.